The Morgan fingerprint density at radius 2 is 2.00 bits per heavy atom. The molecular formula is C24H25N3O4. The molecular weight excluding hydrogens is 394 g/mol. The molecule has 7 nitrogen and oxygen atoms in total. The molecule has 1 atom stereocenters. The van der Waals surface area contributed by atoms with Crippen LogP contribution in [0.5, 0.6) is 0 Å². The summed E-state index contributed by atoms with van der Waals surface area (Å²) in [4.78, 5) is 42.3. The van der Waals surface area contributed by atoms with Gasteiger partial charge in [0.25, 0.3) is 5.91 Å². The largest absolute Gasteiger partial charge is 0.467 e. The number of nitrogens with one attached hydrogen (secondary N) is 2. The maximum atomic E-state index is 12.9. The molecule has 1 aliphatic rings. The highest BCUT2D eigenvalue weighted by Crippen LogP contribution is 2.29. The maximum absolute atomic E-state index is 12.9. The molecule has 0 aliphatic carbocycles. The highest BCUT2D eigenvalue weighted by Gasteiger charge is 2.27. The number of esters is 1. The first-order chi connectivity index (χ1) is 15.0. The van der Waals surface area contributed by atoms with Crippen LogP contribution >= 0.6 is 0 Å². The van der Waals surface area contributed by atoms with Crippen molar-refractivity contribution in [3.63, 3.8) is 0 Å². The highest BCUT2D eigenvalue weighted by molar-refractivity contribution is 6.00. The van der Waals surface area contributed by atoms with Gasteiger partial charge in [0.1, 0.15) is 6.04 Å². The zero-order chi connectivity index (χ0) is 22.0. The summed E-state index contributed by atoms with van der Waals surface area (Å²) in [6.45, 7) is 2.46. The lowest BCUT2D eigenvalue weighted by molar-refractivity contribution is -0.142. The minimum Gasteiger partial charge on any atom is -0.467 e. The predicted molar refractivity (Wildman–Crippen MR) is 118 cm³/mol. The Balaban J connectivity index is 1.53. The monoisotopic (exact) mass is 419 g/mol. The highest BCUT2D eigenvalue weighted by atomic mass is 16.5. The smallest absolute Gasteiger partial charge is 0.328 e. The molecule has 0 fully saturated rings. The molecule has 0 spiro atoms. The van der Waals surface area contributed by atoms with E-state index in [9.17, 15) is 14.4 Å². The minimum absolute atomic E-state index is 0.0698. The number of hydrogen-bond acceptors (Lipinski definition) is 4. The summed E-state index contributed by atoms with van der Waals surface area (Å²) >= 11 is 0. The molecule has 0 bridgehead atoms. The van der Waals surface area contributed by atoms with Gasteiger partial charge in [-0.05, 0) is 41.8 Å². The molecule has 0 radical (unpaired) electrons. The zero-order valence-electron chi connectivity index (χ0n) is 17.6. The summed E-state index contributed by atoms with van der Waals surface area (Å²) < 4.78 is 4.93. The van der Waals surface area contributed by atoms with Crippen molar-refractivity contribution in [2.24, 2.45) is 0 Å². The lowest BCUT2D eigenvalue weighted by atomic mass is 10.0. The third-order valence-corrected chi connectivity index (χ3v) is 5.73. The lowest BCUT2D eigenvalue weighted by Gasteiger charge is -2.18. The molecule has 0 saturated heterocycles. The van der Waals surface area contributed by atoms with Crippen LogP contribution in [0.2, 0.25) is 0 Å². The molecule has 31 heavy (non-hydrogen) atoms. The van der Waals surface area contributed by atoms with Crippen molar-refractivity contribution in [3.05, 3.63) is 65.4 Å². The van der Waals surface area contributed by atoms with Gasteiger partial charge in [-0.1, -0.05) is 25.1 Å². The Morgan fingerprint density at radius 1 is 1.19 bits per heavy atom. The van der Waals surface area contributed by atoms with E-state index in [1.54, 1.807) is 23.1 Å². The van der Waals surface area contributed by atoms with E-state index in [-0.39, 0.29) is 11.8 Å². The number of hydrogen-bond donors (Lipinski definition) is 2. The predicted octanol–water partition coefficient (Wildman–Crippen LogP) is 2.98. The number of aromatic amines is 1. The lowest BCUT2D eigenvalue weighted by Crippen LogP contribution is -2.43. The van der Waals surface area contributed by atoms with E-state index < -0.39 is 12.0 Å². The van der Waals surface area contributed by atoms with Crippen LogP contribution in [0.4, 0.5) is 5.69 Å². The summed E-state index contributed by atoms with van der Waals surface area (Å²) in [5, 5.41) is 3.82. The maximum Gasteiger partial charge on any atom is 0.328 e. The third-order valence-electron chi connectivity index (χ3n) is 5.73. The van der Waals surface area contributed by atoms with Crippen LogP contribution in [-0.2, 0) is 27.2 Å². The molecule has 160 valence electrons. The standard InChI is InChI=1S/C24H25N3O4/c1-3-22(28)27-11-10-15-12-16(8-9-21(15)27)23(29)26-20(24(30)31-2)13-17-14-25-19-7-5-4-6-18(17)19/h4-9,12,14,20,25H,3,10-11,13H2,1-2H3,(H,26,29)/t20-/m1/s1. The van der Waals surface area contributed by atoms with Crippen LogP contribution in [-0.4, -0.2) is 42.5 Å². The number of nitrogens with zero attached hydrogens (tertiary/aromatic N) is 1. The number of carbonyl (C=O) groups excluding carboxylic acids is 3. The summed E-state index contributed by atoms with van der Waals surface area (Å²) in [7, 11) is 1.31. The fraction of sp³-hybridized carbons (Fsp3) is 0.292. The van der Waals surface area contributed by atoms with E-state index >= 15 is 0 Å². The van der Waals surface area contributed by atoms with Crippen molar-refractivity contribution in [2.45, 2.75) is 32.2 Å². The summed E-state index contributed by atoms with van der Waals surface area (Å²) in [5.74, 6) is -0.779. The van der Waals surface area contributed by atoms with Crippen LogP contribution in [0, 0.1) is 0 Å². The number of anilines is 1. The fourth-order valence-corrected chi connectivity index (χ4v) is 4.09. The number of amides is 2. The third kappa shape index (κ3) is 4.03. The van der Waals surface area contributed by atoms with Gasteiger partial charge < -0.3 is 19.9 Å². The average molecular weight is 419 g/mol. The normalized spacial score (nSPS) is 13.7. The molecule has 3 aromatic rings. The van der Waals surface area contributed by atoms with E-state index in [4.69, 9.17) is 4.74 Å². The van der Waals surface area contributed by atoms with Crippen LogP contribution in [0.3, 0.4) is 0 Å². The van der Waals surface area contributed by atoms with Crippen LogP contribution in [0.15, 0.2) is 48.7 Å². The molecule has 2 N–H and O–H groups in total. The van der Waals surface area contributed by atoms with E-state index in [0.717, 1.165) is 27.7 Å². The molecule has 0 unspecified atom stereocenters. The van der Waals surface area contributed by atoms with Crippen molar-refractivity contribution in [1.82, 2.24) is 10.3 Å². The second-order valence-electron chi connectivity index (χ2n) is 7.61. The molecule has 1 aliphatic heterocycles. The number of rotatable bonds is 6. The Labute approximate surface area is 180 Å². The summed E-state index contributed by atoms with van der Waals surface area (Å²) in [5.41, 5.74) is 4.16. The van der Waals surface area contributed by atoms with E-state index in [0.29, 0.717) is 31.4 Å². The van der Waals surface area contributed by atoms with Crippen molar-refractivity contribution in [1.29, 1.82) is 0 Å². The van der Waals surface area contributed by atoms with Gasteiger partial charge in [-0.2, -0.15) is 0 Å². The van der Waals surface area contributed by atoms with Gasteiger partial charge in [-0.3, -0.25) is 9.59 Å². The Kier molecular flexibility index (Phi) is 5.75. The number of aromatic nitrogens is 1. The summed E-state index contributed by atoms with van der Waals surface area (Å²) in [6, 6.07) is 12.3. The topological polar surface area (TPSA) is 91.5 Å². The number of carbonyl (C=O) groups is 3. The van der Waals surface area contributed by atoms with Crippen molar-refractivity contribution in [2.75, 3.05) is 18.6 Å². The van der Waals surface area contributed by atoms with Gasteiger partial charge in [-0.15, -0.1) is 0 Å². The van der Waals surface area contributed by atoms with E-state index in [1.165, 1.54) is 7.11 Å². The minimum atomic E-state index is -0.817. The second-order valence-corrected chi connectivity index (χ2v) is 7.61. The average Bonchev–Trinajstić information content (AvgIpc) is 3.41. The number of para-hydroxylation sites is 1. The zero-order valence-corrected chi connectivity index (χ0v) is 17.6. The van der Waals surface area contributed by atoms with Crippen molar-refractivity contribution < 1.29 is 19.1 Å². The quantitative estimate of drug-likeness (QED) is 0.601. The molecule has 2 heterocycles. The van der Waals surface area contributed by atoms with Crippen molar-refractivity contribution >= 4 is 34.4 Å². The first kappa shape index (κ1) is 20.7. The number of ether oxygens (including phenoxy) is 1. The first-order valence-corrected chi connectivity index (χ1v) is 10.4. The van der Waals surface area contributed by atoms with Gasteiger partial charge in [0.2, 0.25) is 5.91 Å². The number of H-pyrrole nitrogens is 1. The molecule has 1 aromatic heterocycles. The van der Waals surface area contributed by atoms with Gasteiger partial charge in [0.05, 0.1) is 7.11 Å². The summed E-state index contributed by atoms with van der Waals surface area (Å²) in [6.07, 6.45) is 3.31. The molecule has 2 aromatic carbocycles. The van der Waals surface area contributed by atoms with Gasteiger partial charge in [0, 0.05) is 47.7 Å². The van der Waals surface area contributed by atoms with E-state index in [2.05, 4.69) is 10.3 Å². The molecule has 7 heteroatoms. The Bertz CT molecular complexity index is 1150. The van der Waals surface area contributed by atoms with Crippen LogP contribution in [0.1, 0.15) is 34.8 Å². The Morgan fingerprint density at radius 3 is 2.77 bits per heavy atom. The second kappa shape index (κ2) is 8.63. The first-order valence-electron chi connectivity index (χ1n) is 10.4. The molecule has 4 rings (SSSR count). The molecule has 2 amide bonds. The van der Waals surface area contributed by atoms with Crippen LogP contribution < -0.4 is 10.2 Å². The number of fused-ring (bicyclic) bond motifs is 2. The fourth-order valence-electron chi connectivity index (χ4n) is 4.09. The SMILES string of the molecule is CCC(=O)N1CCc2cc(C(=O)N[C@H](Cc3c[nH]c4ccccc34)C(=O)OC)ccc21. The van der Waals surface area contributed by atoms with Gasteiger partial charge in [0.15, 0.2) is 0 Å². The Hall–Kier alpha value is -3.61. The van der Waals surface area contributed by atoms with E-state index in [1.807, 2.05) is 37.4 Å². The van der Waals surface area contributed by atoms with Crippen LogP contribution in [0.25, 0.3) is 10.9 Å². The number of methoxy groups -OCH3 is 1. The van der Waals surface area contributed by atoms with Gasteiger partial charge >= 0.3 is 5.97 Å². The van der Waals surface area contributed by atoms with Crippen molar-refractivity contribution in [3.8, 4) is 0 Å². The molecule has 0 saturated carbocycles. The number of benzene rings is 2. The van der Waals surface area contributed by atoms with Gasteiger partial charge in [-0.25, -0.2) is 4.79 Å².